The molecule has 1 heterocycles. The van der Waals surface area contributed by atoms with E-state index in [9.17, 15) is 5.11 Å². The lowest BCUT2D eigenvalue weighted by Crippen LogP contribution is -2.53. The highest BCUT2D eigenvalue weighted by molar-refractivity contribution is 4.87. The number of nitrogens with zero attached hydrogens (tertiary/aromatic N) is 1. The fraction of sp³-hybridized carbons (Fsp3) is 1.00. The van der Waals surface area contributed by atoms with E-state index in [1.54, 1.807) is 0 Å². The van der Waals surface area contributed by atoms with Gasteiger partial charge in [0.2, 0.25) is 0 Å². The van der Waals surface area contributed by atoms with Crippen LogP contribution in [0.4, 0.5) is 0 Å². The molecule has 2 rings (SSSR count). The van der Waals surface area contributed by atoms with Crippen LogP contribution < -0.4 is 5.32 Å². The number of aliphatic hydroxyl groups is 1. The quantitative estimate of drug-likeness (QED) is 0.741. The summed E-state index contributed by atoms with van der Waals surface area (Å²) < 4.78 is 5.86. The summed E-state index contributed by atoms with van der Waals surface area (Å²) in [7, 11) is 1.92. The van der Waals surface area contributed by atoms with E-state index in [-0.39, 0.29) is 12.6 Å². The molecule has 0 radical (unpaired) electrons. The molecule has 4 nitrogen and oxygen atoms in total. The van der Waals surface area contributed by atoms with Gasteiger partial charge in [0.15, 0.2) is 0 Å². The van der Waals surface area contributed by atoms with Gasteiger partial charge in [-0.3, -0.25) is 4.90 Å². The van der Waals surface area contributed by atoms with Gasteiger partial charge in [0.05, 0.1) is 19.3 Å². The van der Waals surface area contributed by atoms with Gasteiger partial charge in [-0.05, 0) is 26.3 Å². The second-order valence-corrected chi connectivity index (χ2v) is 5.25. The second kappa shape index (κ2) is 6.69. The highest BCUT2D eigenvalue weighted by Gasteiger charge is 2.33. The van der Waals surface area contributed by atoms with Crippen LogP contribution >= 0.6 is 0 Å². The van der Waals surface area contributed by atoms with Crippen molar-refractivity contribution in [2.24, 2.45) is 0 Å². The number of morpholine rings is 1. The largest absolute Gasteiger partial charge is 0.395 e. The van der Waals surface area contributed by atoms with Crippen LogP contribution in [0.3, 0.4) is 0 Å². The van der Waals surface area contributed by atoms with Crippen LogP contribution in [0.25, 0.3) is 0 Å². The Hall–Kier alpha value is -0.160. The Kier molecular flexibility index (Phi) is 5.22. The molecule has 2 N–H and O–H groups in total. The Balaban J connectivity index is 1.82. The normalized spacial score (nSPS) is 32.1. The summed E-state index contributed by atoms with van der Waals surface area (Å²) in [6.45, 7) is 3.25. The number of fused-ring (bicyclic) bond motifs is 1. The zero-order chi connectivity index (χ0) is 12.1. The summed E-state index contributed by atoms with van der Waals surface area (Å²) in [5.74, 6) is 0. The molecule has 1 aliphatic heterocycles. The predicted octanol–water partition coefficient (Wildman–Crippen LogP) is 0.600. The lowest BCUT2D eigenvalue weighted by molar-refractivity contribution is -0.0889. The first-order valence-electron chi connectivity index (χ1n) is 6.99. The van der Waals surface area contributed by atoms with Crippen LogP contribution in [0.1, 0.15) is 32.1 Å². The third kappa shape index (κ3) is 3.41. The Labute approximate surface area is 104 Å². The van der Waals surface area contributed by atoms with Gasteiger partial charge in [0.25, 0.3) is 0 Å². The molecule has 100 valence electrons. The Morgan fingerprint density at radius 2 is 2.24 bits per heavy atom. The maximum Gasteiger partial charge on any atom is 0.0730 e. The molecule has 2 aliphatic rings. The van der Waals surface area contributed by atoms with Crippen LogP contribution in [0.5, 0.6) is 0 Å². The van der Waals surface area contributed by atoms with E-state index in [4.69, 9.17) is 4.74 Å². The molecule has 0 bridgehead atoms. The minimum absolute atomic E-state index is 0.231. The average Bonchev–Trinajstić information content (AvgIpc) is 2.40. The summed E-state index contributed by atoms with van der Waals surface area (Å²) in [6, 6.07) is 0.869. The van der Waals surface area contributed by atoms with Gasteiger partial charge in [0, 0.05) is 25.2 Å². The molecule has 3 atom stereocenters. The molecule has 0 aromatic carbocycles. The number of likely N-dealkylation sites (N-methyl/N-ethyl adjacent to an activating group) is 1. The Morgan fingerprint density at radius 3 is 3.00 bits per heavy atom. The second-order valence-electron chi connectivity index (χ2n) is 5.25. The predicted molar refractivity (Wildman–Crippen MR) is 68.1 cm³/mol. The third-order valence-corrected chi connectivity index (χ3v) is 4.24. The highest BCUT2D eigenvalue weighted by Crippen LogP contribution is 2.28. The molecule has 0 aromatic heterocycles. The Morgan fingerprint density at radius 1 is 1.41 bits per heavy atom. The molecular weight excluding hydrogens is 216 g/mol. The van der Waals surface area contributed by atoms with Crippen molar-refractivity contribution in [3.63, 3.8) is 0 Å². The molecule has 4 heteroatoms. The van der Waals surface area contributed by atoms with E-state index in [0.29, 0.717) is 12.1 Å². The van der Waals surface area contributed by atoms with Crippen molar-refractivity contribution in [1.82, 2.24) is 10.2 Å². The van der Waals surface area contributed by atoms with E-state index in [2.05, 4.69) is 10.2 Å². The van der Waals surface area contributed by atoms with Crippen LogP contribution in [0, 0.1) is 0 Å². The van der Waals surface area contributed by atoms with Crippen LogP contribution in [-0.4, -0.2) is 61.5 Å². The molecule has 1 saturated carbocycles. The third-order valence-electron chi connectivity index (χ3n) is 4.24. The van der Waals surface area contributed by atoms with Crippen LogP contribution in [0.15, 0.2) is 0 Å². The molecule has 2 fully saturated rings. The van der Waals surface area contributed by atoms with Crippen molar-refractivity contribution < 1.29 is 9.84 Å². The van der Waals surface area contributed by atoms with Gasteiger partial charge in [-0.25, -0.2) is 0 Å². The maximum absolute atomic E-state index is 9.18. The number of aliphatic hydroxyl groups excluding tert-OH is 1. The van der Waals surface area contributed by atoms with E-state index in [1.807, 2.05) is 7.05 Å². The fourth-order valence-electron chi connectivity index (χ4n) is 3.10. The average molecular weight is 242 g/mol. The number of rotatable bonds is 5. The smallest absolute Gasteiger partial charge is 0.0730 e. The molecule has 3 unspecified atom stereocenters. The number of hydrogen-bond acceptors (Lipinski definition) is 4. The van der Waals surface area contributed by atoms with Crippen molar-refractivity contribution in [2.45, 2.75) is 50.3 Å². The van der Waals surface area contributed by atoms with Crippen LogP contribution in [-0.2, 0) is 4.74 Å². The summed E-state index contributed by atoms with van der Waals surface area (Å²) in [4.78, 5) is 2.58. The van der Waals surface area contributed by atoms with Crippen LogP contribution in [0.2, 0.25) is 0 Å². The maximum atomic E-state index is 9.18. The molecule has 0 spiro atoms. The summed E-state index contributed by atoms with van der Waals surface area (Å²) in [5.41, 5.74) is 0. The topological polar surface area (TPSA) is 44.7 Å². The van der Waals surface area contributed by atoms with E-state index in [0.717, 1.165) is 26.1 Å². The first-order valence-corrected chi connectivity index (χ1v) is 6.99. The van der Waals surface area contributed by atoms with Gasteiger partial charge in [-0.2, -0.15) is 0 Å². The summed E-state index contributed by atoms with van der Waals surface area (Å²) in [5, 5.41) is 12.3. The van der Waals surface area contributed by atoms with Crippen molar-refractivity contribution in [3.8, 4) is 0 Å². The van der Waals surface area contributed by atoms with E-state index in [1.165, 1.54) is 25.7 Å². The van der Waals surface area contributed by atoms with Gasteiger partial charge < -0.3 is 15.2 Å². The monoisotopic (exact) mass is 242 g/mol. The molecule has 0 aromatic rings. The summed E-state index contributed by atoms with van der Waals surface area (Å²) >= 11 is 0. The van der Waals surface area contributed by atoms with Crippen molar-refractivity contribution in [3.05, 3.63) is 0 Å². The highest BCUT2D eigenvalue weighted by atomic mass is 16.5. The van der Waals surface area contributed by atoms with Gasteiger partial charge in [0.1, 0.15) is 0 Å². The first kappa shape index (κ1) is 13.3. The molecule has 0 amide bonds. The van der Waals surface area contributed by atoms with Crippen molar-refractivity contribution in [1.29, 1.82) is 0 Å². The SMILES string of the molecule is CNC(CO)CCN1CCOC2CCCCC21. The molecule has 1 saturated heterocycles. The zero-order valence-electron chi connectivity index (χ0n) is 10.9. The molecular formula is C13H26N2O2. The first-order chi connectivity index (χ1) is 8.35. The van der Waals surface area contributed by atoms with E-state index < -0.39 is 0 Å². The van der Waals surface area contributed by atoms with Crippen molar-refractivity contribution >= 4 is 0 Å². The number of nitrogens with one attached hydrogen (secondary N) is 1. The minimum atomic E-state index is 0.231. The lowest BCUT2D eigenvalue weighted by atomic mass is 9.90. The minimum Gasteiger partial charge on any atom is -0.395 e. The standard InChI is InChI=1S/C13H26N2O2/c1-14-11(10-16)6-7-15-8-9-17-13-5-3-2-4-12(13)15/h11-14,16H,2-10H2,1H3. The van der Waals surface area contributed by atoms with E-state index >= 15 is 0 Å². The van der Waals surface area contributed by atoms with Gasteiger partial charge >= 0.3 is 0 Å². The summed E-state index contributed by atoms with van der Waals surface area (Å²) in [6.07, 6.45) is 6.68. The van der Waals surface area contributed by atoms with Crippen molar-refractivity contribution in [2.75, 3.05) is 33.4 Å². The molecule has 17 heavy (non-hydrogen) atoms. The number of hydrogen-bond donors (Lipinski definition) is 2. The number of ether oxygens (including phenoxy) is 1. The fourth-order valence-corrected chi connectivity index (χ4v) is 3.10. The van der Waals surface area contributed by atoms with Gasteiger partial charge in [-0.1, -0.05) is 12.8 Å². The van der Waals surface area contributed by atoms with Gasteiger partial charge in [-0.15, -0.1) is 0 Å². The lowest BCUT2D eigenvalue weighted by Gasteiger charge is -2.44. The Bertz CT molecular complexity index is 219. The molecule has 1 aliphatic carbocycles. The zero-order valence-corrected chi connectivity index (χ0v) is 10.9.